The second-order valence-corrected chi connectivity index (χ2v) is 4.72. The number of H-pyrrole nitrogens is 1. The topological polar surface area (TPSA) is 56.4 Å². The van der Waals surface area contributed by atoms with Crippen LogP contribution in [0.4, 0.5) is 0 Å². The Morgan fingerprint density at radius 1 is 1.39 bits per heavy atom. The van der Waals surface area contributed by atoms with Crippen molar-refractivity contribution in [3.8, 4) is 0 Å². The lowest BCUT2D eigenvalue weighted by Crippen LogP contribution is -2.35. The average Bonchev–Trinajstić information content (AvgIpc) is 2.89. The van der Waals surface area contributed by atoms with Crippen molar-refractivity contribution >= 4 is 5.91 Å². The van der Waals surface area contributed by atoms with E-state index in [9.17, 15) is 9.59 Å². The highest BCUT2D eigenvalue weighted by atomic mass is 16.2. The zero-order valence-corrected chi connectivity index (χ0v) is 10.7. The Bertz CT molecular complexity index is 443. The van der Waals surface area contributed by atoms with Crippen molar-refractivity contribution in [3.63, 3.8) is 0 Å². The van der Waals surface area contributed by atoms with E-state index in [4.69, 9.17) is 0 Å². The van der Waals surface area contributed by atoms with Crippen LogP contribution in [0.15, 0.2) is 23.1 Å². The molecule has 0 spiro atoms. The van der Waals surface area contributed by atoms with Crippen LogP contribution in [-0.4, -0.2) is 53.9 Å². The standard InChI is InChI=1S/C13H19N3O2/c1-15(8-9-16-6-2-3-7-16)13(18)11-4-5-12(17)14-10-11/h4-5,10H,2-3,6-9H2,1H3,(H,14,17). The van der Waals surface area contributed by atoms with E-state index in [1.165, 1.54) is 25.1 Å². The van der Waals surface area contributed by atoms with Gasteiger partial charge in [0.15, 0.2) is 0 Å². The summed E-state index contributed by atoms with van der Waals surface area (Å²) in [5.74, 6) is -0.0505. The molecule has 0 unspecified atom stereocenters. The predicted octanol–water partition coefficient (Wildman–Crippen LogP) is 0.543. The fourth-order valence-electron chi connectivity index (χ4n) is 2.16. The molecule has 2 rings (SSSR count). The second-order valence-electron chi connectivity index (χ2n) is 4.72. The minimum absolute atomic E-state index is 0.0505. The van der Waals surface area contributed by atoms with Crippen molar-refractivity contribution in [1.82, 2.24) is 14.8 Å². The van der Waals surface area contributed by atoms with Gasteiger partial charge in [0.05, 0.1) is 5.56 Å². The van der Waals surface area contributed by atoms with Crippen molar-refractivity contribution in [3.05, 3.63) is 34.2 Å². The van der Waals surface area contributed by atoms with Gasteiger partial charge in [-0.1, -0.05) is 0 Å². The number of likely N-dealkylation sites (N-methyl/N-ethyl adjacent to an activating group) is 1. The smallest absolute Gasteiger partial charge is 0.255 e. The van der Waals surface area contributed by atoms with Crippen LogP contribution in [0.25, 0.3) is 0 Å². The summed E-state index contributed by atoms with van der Waals surface area (Å²) in [5.41, 5.74) is 0.338. The van der Waals surface area contributed by atoms with Gasteiger partial charge in [0, 0.05) is 32.4 Å². The minimum atomic E-state index is -0.189. The maximum absolute atomic E-state index is 12.0. The SMILES string of the molecule is CN(CCN1CCCC1)C(=O)c1ccc(=O)[nH]c1. The van der Waals surface area contributed by atoms with E-state index >= 15 is 0 Å². The van der Waals surface area contributed by atoms with E-state index in [0.717, 1.165) is 26.2 Å². The van der Waals surface area contributed by atoms with Crippen molar-refractivity contribution in [2.45, 2.75) is 12.8 Å². The number of rotatable bonds is 4. The molecular formula is C13H19N3O2. The van der Waals surface area contributed by atoms with E-state index in [1.54, 1.807) is 18.0 Å². The third-order valence-corrected chi connectivity index (χ3v) is 3.33. The number of hydrogen-bond acceptors (Lipinski definition) is 3. The molecule has 18 heavy (non-hydrogen) atoms. The van der Waals surface area contributed by atoms with Gasteiger partial charge in [0.1, 0.15) is 0 Å². The van der Waals surface area contributed by atoms with Crippen LogP contribution in [-0.2, 0) is 0 Å². The summed E-state index contributed by atoms with van der Waals surface area (Å²) in [7, 11) is 1.80. The van der Waals surface area contributed by atoms with Crippen molar-refractivity contribution < 1.29 is 4.79 Å². The summed E-state index contributed by atoms with van der Waals surface area (Å²) in [4.78, 5) is 29.6. The minimum Gasteiger partial charge on any atom is -0.340 e. The monoisotopic (exact) mass is 249 g/mol. The van der Waals surface area contributed by atoms with Crippen LogP contribution in [0.2, 0.25) is 0 Å². The zero-order valence-electron chi connectivity index (χ0n) is 10.7. The van der Waals surface area contributed by atoms with Crippen LogP contribution in [0.1, 0.15) is 23.2 Å². The molecule has 0 aromatic carbocycles. The third-order valence-electron chi connectivity index (χ3n) is 3.33. The number of aromatic amines is 1. The molecule has 2 heterocycles. The Kier molecular flexibility index (Phi) is 4.15. The van der Waals surface area contributed by atoms with Crippen LogP contribution in [0.3, 0.4) is 0 Å². The lowest BCUT2D eigenvalue weighted by Gasteiger charge is -2.21. The van der Waals surface area contributed by atoms with Gasteiger partial charge in [0.2, 0.25) is 5.56 Å². The number of carbonyl (C=O) groups is 1. The van der Waals surface area contributed by atoms with Gasteiger partial charge >= 0.3 is 0 Å². The molecule has 1 aliphatic rings. The number of carbonyl (C=O) groups excluding carboxylic acids is 1. The molecule has 0 atom stereocenters. The number of pyridine rings is 1. The number of nitrogens with one attached hydrogen (secondary N) is 1. The summed E-state index contributed by atoms with van der Waals surface area (Å²) in [6.45, 7) is 3.92. The fourth-order valence-corrected chi connectivity index (χ4v) is 2.16. The lowest BCUT2D eigenvalue weighted by atomic mass is 10.2. The largest absolute Gasteiger partial charge is 0.340 e. The first-order valence-corrected chi connectivity index (χ1v) is 6.33. The number of likely N-dealkylation sites (tertiary alicyclic amines) is 1. The van der Waals surface area contributed by atoms with Gasteiger partial charge in [-0.15, -0.1) is 0 Å². The molecule has 0 aliphatic carbocycles. The highest BCUT2D eigenvalue weighted by Gasteiger charge is 2.15. The second kappa shape index (κ2) is 5.82. The van der Waals surface area contributed by atoms with Gasteiger partial charge in [-0.3, -0.25) is 9.59 Å². The van der Waals surface area contributed by atoms with Gasteiger partial charge in [0.25, 0.3) is 5.91 Å². The predicted molar refractivity (Wildman–Crippen MR) is 69.7 cm³/mol. The molecule has 1 fully saturated rings. The molecule has 5 heteroatoms. The summed E-state index contributed by atoms with van der Waals surface area (Å²) in [6, 6.07) is 2.94. The van der Waals surface area contributed by atoms with Gasteiger partial charge < -0.3 is 14.8 Å². The van der Waals surface area contributed by atoms with E-state index in [-0.39, 0.29) is 11.5 Å². The fraction of sp³-hybridized carbons (Fsp3) is 0.538. The maximum Gasteiger partial charge on any atom is 0.255 e. The van der Waals surface area contributed by atoms with Gasteiger partial charge in [-0.25, -0.2) is 0 Å². The summed E-state index contributed by atoms with van der Waals surface area (Å²) in [6.07, 6.45) is 3.99. The molecule has 1 N–H and O–H groups in total. The summed E-state index contributed by atoms with van der Waals surface area (Å²) in [5, 5.41) is 0. The van der Waals surface area contributed by atoms with Crippen LogP contribution in [0.5, 0.6) is 0 Å². The Morgan fingerprint density at radius 3 is 2.72 bits per heavy atom. The van der Waals surface area contributed by atoms with Gasteiger partial charge in [-0.2, -0.15) is 0 Å². The molecule has 0 radical (unpaired) electrons. The molecule has 1 aromatic rings. The van der Waals surface area contributed by atoms with Crippen LogP contribution < -0.4 is 5.56 Å². The molecule has 5 nitrogen and oxygen atoms in total. The van der Waals surface area contributed by atoms with E-state index in [0.29, 0.717) is 5.56 Å². The summed E-state index contributed by atoms with van der Waals surface area (Å²) >= 11 is 0. The highest BCUT2D eigenvalue weighted by Crippen LogP contribution is 2.07. The summed E-state index contributed by atoms with van der Waals surface area (Å²) < 4.78 is 0. The number of nitrogens with zero attached hydrogens (tertiary/aromatic N) is 2. The normalized spacial score (nSPS) is 15.8. The highest BCUT2D eigenvalue weighted by molar-refractivity contribution is 5.93. The first kappa shape index (κ1) is 12.8. The number of hydrogen-bond donors (Lipinski definition) is 1. The quantitative estimate of drug-likeness (QED) is 0.847. The Morgan fingerprint density at radius 2 is 2.11 bits per heavy atom. The molecule has 0 bridgehead atoms. The lowest BCUT2D eigenvalue weighted by molar-refractivity contribution is 0.0782. The molecule has 0 saturated carbocycles. The van der Waals surface area contributed by atoms with Crippen LogP contribution in [0, 0.1) is 0 Å². The number of amides is 1. The maximum atomic E-state index is 12.0. The van der Waals surface area contributed by atoms with Crippen molar-refractivity contribution in [2.24, 2.45) is 0 Å². The molecule has 1 aromatic heterocycles. The average molecular weight is 249 g/mol. The van der Waals surface area contributed by atoms with E-state index in [1.807, 2.05) is 0 Å². The van der Waals surface area contributed by atoms with Crippen molar-refractivity contribution in [1.29, 1.82) is 0 Å². The Balaban J connectivity index is 1.87. The first-order chi connectivity index (χ1) is 8.66. The molecule has 1 saturated heterocycles. The molecule has 98 valence electrons. The van der Waals surface area contributed by atoms with E-state index < -0.39 is 0 Å². The number of aromatic nitrogens is 1. The first-order valence-electron chi connectivity index (χ1n) is 6.33. The molecule has 1 amide bonds. The Hall–Kier alpha value is -1.62. The Labute approximate surface area is 106 Å². The third kappa shape index (κ3) is 3.20. The van der Waals surface area contributed by atoms with Gasteiger partial charge in [-0.05, 0) is 32.0 Å². The van der Waals surface area contributed by atoms with E-state index in [2.05, 4.69) is 9.88 Å². The zero-order chi connectivity index (χ0) is 13.0. The van der Waals surface area contributed by atoms with Crippen LogP contribution >= 0.6 is 0 Å². The van der Waals surface area contributed by atoms with Crippen molar-refractivity contribution in [2.75, 3.05) is 33.2 Å². The molecular weight excluding hydrogens is 230 g/mol. The molecule has 1 aliphatic heterocycles.